The Kier molecular flexibility index (Phi) is 6.24. The van der Waals surface area contributed by atoms with Crippen molar-refractivity contribution in [3.05, 3.63) is 41.7 Å². The van der Waals surface area contributed by atoms with E-state index in [1.54, 1.807) is 12.1 Å². The maximum Gasteiger partial charge on any atom is 0.410 e. The molecule has 0 bridgehead atoms. The van der Waals surface area contributed by atoms with Crippen LogP contribution < -0.4 is 9.64 Å². The van der Waals surface area contributed by atoms with Crippen LogP contribution in [0.3, 0.4) is 0 Å². The third kappa shape index (κ3) is 4.07. The average molecular weight is 419 g/mol. The van der Waals surface area contributed by atoms with Crippen LogP contribution in [0.4, 0.5) is 19.3 Å². The fourth-order valence-electron chi connectivity index (χ4n) is 3.23. The predicted molar refractivity (Wildman–Crippen MR) is 103 cm³/mol. The van der Waals surface area contributed by atoms with Crippen LogP contribution in [0.5, 0.6) is 5.75 Å². The van der Waals surface area contributed by atoms with E-state index in [2.05, 4.69) is 9.72 Å². The van der Waals surface area contributed by atoms with Gasteiger partial charge in [-0.05, 0) is 29.8 Å². The minimum atomic E-state index is -2.80. The largest absolute Gasteiger partial charge is 0.494 e. The van der Waals surface area contributed by atoms with Gasteiger partial charge in [-0.1, -0.05) is 0 Å². The highest BCUT2D eigenvalue weighted by atomic mass is 19.3. The molecule has 30 heavy (non-hydrogen) atoms. The second-order valence-electron chi connectivity index (χ2n) is 6.44. The van der Waals surface area contributed by atoms with Crippen molar-refractivity contribution in [2.24, 2.45) is 0 Å². The van der Waals surface area contributed by atoms with Crippen molar-refractivity contribution in [1.29, 1.82) is 0 Å². The molecule has 0 unspecified atom stereocenters. The van der Waals surface area contributed by atoms with Crippen LogP contribution in [0.25, 0.3) is 11.1 Å². The number of pyridine rings is 1. The van der Waals surface area contributed by atoms with Gasteiger partial charge in [0.15, 0.2) is 6.29 Å². The highest BCUT2D eigenvalue weighted by Crippen LogP contribution is 2.36. The number of alkyl halides is 2. The predicted octanol–water partition coefficient (Wildman–Crippen LogP) is 2.92. The molecule has 3 rings (SSSR count). The SMILES string of the molecule is COC(=O)N1CCN(c2ccc(C=O)c(-c3cc(C(F)F)ncc3OC)c2)C(=O)C1. The smallest absolute Gasteiger partial charge is 0.410 e. The van der Waals surface area contributed by atoms with Crippen molar-refractivity contribution in [1.82, 2.24) is 9.88 Å². The number of carbonyl (C=O) groups excluding carboxylic acids is 3. The molecule has 8 nitrogen and oxygen atoms in total. The summed E-state index contributed by atoms with van der Waals surface area (Å²) in [6.45, 7) is 0.312. The van der Waals surface area contributed by atoms with E-state index < -0.39 is 18.2 Å². The first-order chi connectivity index (χ1) is 14.4. The lowest BCUT2D eigenvalue weighted by molar-refractivity contribution is -0.120. The molecule has 2 aromatic rings. The van der Waals surface area contributed by atoms with Gasteiger partial charge in [-0.25, -0.2) is 13.6 Å². The Morgan fingerprint density at radius 2 is 1.97 bits per heavy atom. The van der Waals surface area contributed by atoms with Crippen LogP contribution >= 0.6 is 0 Å². The molecular formula is C20H19F2N3O5. The molecule has 0 saturated carbocycles. The van der Waals surface area contributed by atoms with E-state index in [9.17, 15) is 23.2 Å². The molecular weight excluding hydrogens is 400 g/mol. The second kappa shape index (κ2) is 8.85. The average Bonchev–Trinajstić information content (AvgIpc) is 2.77. The molecule has 10 heteroatoms. The van der Waals surface area contributed by atoms with Crippen molar-refractivity contribution < 1.29 is 32.6 Å². The summed E-state index contributed by atoms with van der Waals surface area (Å²) in [6.07, 6.45) is -1.64. The Hall–Kier alpha value is -3.56. The number of ether oxygens (including phenoxy) is 2. The van der Waals surface area contributed by atoms with Gasteiger partial charge in [0.25, 0.3) is 6.43 Å². The molecule has 0 N–H and O–H groups in total. The summed E-state index contributed by atoms with van der Waals surface area (Å²) < 4.78 is 36.2. The summed E-state index contributed by atoms with van der Waals surface area (Å²) in [5.74, 6) is -0.132. The van der Waals surface area contributed by atoms with Crippen molar-refractivity contribution in [2.45, 2.75) is 6.43 Å². The zero-order chi connectivity index (χ0) is 21.8. The number of piperazine rings is 1. The number of benzene rings is 1. The number of hydrogen-bond acceptors (Lipinski definition) is 6. The van der Waals surface area contributed by atoms with Gasteiger partial charge in [0.05, 0.1) is 20.4 Å². The highest BCUT2D eigenvalue weighted by molar-refractivity contribution is 5.99. The molecule has 2 amide bonds. The minimum absolute atomic E-state index is 0.161. The van der Waals surface area contributed by atoms with Crippen LogP contribution in [0.2, 0.25) is 0 Å². The summed E-state index contributed by atoms with van der Waals surface area (Å²) in [6, 6.07) is 5.80. The van der Waals surface area contributed by atoms with E-state index in [1.165, 1.54) is 36.3 Å². The van der Waals surface area contributed by atoms with Crippen LogP contribution in [-0.2, 0) is 9.53 Å². The number of rotatable bonds is 5. The van der Waals surface area contributed by atoms with Crippen molar-refractivity contribution in [3.63, 3.8) is 0 Å². The Balaban J connectivity index is 2.02. The normalized spacial score (nSPS) is 14.1. The quantitative estimate of drug-likeness (QED) is 0.693. The van der Waals surface area contributed by atoms with Gasteiger partial charge in [0, 0.05) is 29.9 Å². The number of nitrogens with zero attached hydrogens (tertiary/aromatic N) is 3. The zero-order valence-electron chi connectivity index (χ0n) is 16.3. The Labute approximate surface area is 171 Å². The lowest BCUT2D eigenvalue weighted by Gasteiger charge is -2.33. The fourth-order valence-corrected chi connectivity index (χ4v) is 3.23. The van der Waals surface area contributed by atoms with E-state index >= 15 is 0 Å². The van der Waals surface area contributed by atoms with Crippen molar-refractivity contribution >= 4 is 24.0 Å². The number of halogens is 2. The first kappa shape index (κ1) is 21.2. The van der Waals surface area contributed by atoms with Crippen LogP contribution in [-0.4, -0.2) is 62.0 Å². The molecule has 2 heterocycles. The molecule has 0 radical (unpaired) electrons. The number of aldehydes is 1. The van der Waals surface area contributed by atoms with E-state index in [0.29, 0.717) is 17.5 Å². The summed E-state index contributed by atoms with van der Waals surface area (Å²) in [5.41, 5.74) is 0.821. The molecule has 0 aliphatic carbocycles. The Morgan fingerprint density at radius 1 is 1.20 bits per heavy atom. The second-order valence-corrected chi connectivity index (χ2v) is 6.44. The molecule has 1 saturated heterocycles. The number of hydrogen-bond donors (Lipinski definition) is 0. The lowest BCUT2D eigenvalue weighted by atomic mass is 9.98. The Morgan fingerprint density at radius 3 is 2.57 bits per heavy atom. The first-order valence-electron chi connectivity index (χ1n) is 8.94. The number of aromatic nitrogens is 1. The molecule has 1 aliphatic rings. The third-order valence-electron chi connectivity index (χ3n) is 4.75. The Bertz CT molecular complexity index is 983. The molecule has 1 aromatic heterocycles. The minimum Gasteiger partial charge on any atom is -0.494 e. The van der Waals surface area contributed by atoms with E-state index in [4.69, 9.17) is 4.74 Å². The first-order valence-corrected chi connectivity index (χ1v) is 8.94. The van der Waals surface area contributed by atoms with Crippen LogP contribution in [0, 0.1) is 0 Å². The number of methoxy groups -OCH3 is 2. The topological polar surface area (TPSA) is 89.0 Å². The summed E-state index contributed by atoms with van der Waals surface area (Å²) in [4.78, 5) is 42.2. The number of amides is 2. The van der Waals surface area contributed by atoms with Gasteiger partial charge in [-0.3, -0.25) is 19.5 Å². The number of carbonyl (C=O) groups is 3. The van der Waals surface area contributed by atoms with Gasteiger partial charge in [0.2, 0.25) is 5.91 Å². The van der Waals surface area contributed by atoms with Crippen molar-refractivity contribution in [2.75, 3.05) is 38.8 Å². The molecule has 1 aromatic carbocycles. The molecule has 1 fully saturated rings. The summed E-state index contributed by atoms with van der Waals surface area (Å²) in [5, 5.41) is 0. The van der Waals surface area contributed by atoms with Crippen LogP contribution in [0.1, 0.15) is 22.5 Å². The molecule has 1 aliphatic heterocycles. The van der Waals surface area contributed by atoms with Gasteiger partial charge >= 0.3 is 6.09 Å². The summed E-state index contributed by atoms with van der Waals surface area (Å²) >= 11 is 0. The number of anilines is 1. The molecule has 0 spiro atoms. The van der Waals surface area contributed by atoms with Gasteiger partial charge in [0.1, 0.15) is 18.0 Å². The summed E-state index contributed by atoms with van der Waals surface area (Å²) in [7, 11) is 2.60. The van der Waals surface area contributed by atoms with Gasteiger partial charge in [-0.15, -0.1) is 0 Å². The van der Waals surface area contributed by atoms with E-state index in [0.717, 1.165) is 6.07 Å². The highest BCUT2D eigenvalue weighted by Gasteiger charge is 2.29. The molecule has 0 atom stereocenters. The van der Waals surface area contributed by atoms with E-state index in [-0.39, 0.29) is 42.4 Å². The van der Waals surface area contributed by atoms with Gasteiger partial charge < -0.3 is 14.4 Å². The van der Waals surface area contributed by atoms with E-state index in [1.807, 2.05) is 0 Å². The maximum atomic E-state index is 13.2. The maximum absolute atomic E-state index is 13.2. The monoisotopic (exact) mass is 419 g/mol. The van der Waals surface area contributed by atoms with Crippen molar-refractivity contribution in [3.8, 4) is 16.9 Å². The lowest BCUT2D eigenvalue weighted by Crippen LogP contribution is -2.52. The zero-order valence-corrected chi connectivity index (χ0v) is 16.3. The van der Waals surface area contributed by atoms with Gasteiger partial charge in [-0.2, -0.15) is 0 Å². The van der Waals surface area contributed by atoms with Crippen LogP contribution in [0.15, 0.2) is 30.5 Å². The standard InChI is InChI=1S/C20H19F2N3O5/c1-29-17-9-23-16(19(21)22)8-15(17)14-7-13(4-3-12(14)11-26)25-6-5-24(10-18(25)27)20(28)30-2/h3-4,7-9,11,19H,5-6,10H2,1-2H3. The molecule has 158 valence electrons. The fraction of sp³-hybridized carbons (Fsp3) is 0.300. The third-order valence-corrected chi connectivity index (χ3v) is 4.75.